The molecule has 6 nitrogen and oxygen atoms in total. The summed E-state index contributed by atoms with van der Waals surface area (Å²) >= 11 is 0. The summed E-state index contributed by atoms with van der Waals surface area (Å²) in [4.78, 5) is 7.12. The minimum Gasteiger partial charge on any atom is -0.396 e. The molecule has 2 aromatic heterocycles. The first kappa shape index (κ1) is 15.9. The van der Waals surface area contributed by atoms with Gasteiger partial charge in [-0.3, -0.25) is 0 Å². The molecule has 0 amide bonds. The molecule has 0 bridgehead atoms. The summed E-state index contributed by atoms with van der Waals surface area (Å²) < 4.78 is 1.90. The molecule has 3 aromatic rings. The van der Waals surface area contributed by atoms with Crippen molar-refractivity contribution >= 4 is 17.2 Å². The van der Waals surface area contributed by atoms with Gasteiger partial charge in [0.05, 0.1) is 5.69 Å². The van der Waals surface area contributed by atoms with Gasteiger partial charge in [0.2, 0.25) is 0 Å². The quantitative estimate of drug-likeness (QED) is 0.768. The lowest BCUT2D eigenvalue weighted by atomic mass is 10.0. The van der Waals surface area contributed by atoms with E-state index in [0.29, 0.717) is 23.5 Å². The minimum absolute atomic E-state index is 0.421. The normalized spacial score (nSPS) is 18.2. The molecule has 0 radical (unpaired) electrons. The number of pyridine rings is 1. The molecule has 4 rings (SSSR count). The Morgan fingerprint density at radius 2 is 1.96 bits per heavy atom. The SMILES string of the molecule is CC(C)C1CNCCN1c1ccc(N)c2nc(-c3ccccc3)nn12. The predicted octanol–water partition coefficient (Wildman–Crippen LogP) is 2.41. The number of aromatic nitrogens is 3. The summed E-state index contributed by atoms with van der Waals surface area (Å²) in [5.74, 6) is 2.30. The van der Waals surface area contributed by atoms with E-state index in [0.717, 1.165) is 36.7 Å². The molecular formula is C19H24N6. The van der Waals surface area contributed by atoms with Gasteiger partial charge in [0.15, 0.2) is 11.5 Å². The Hall–Kier alpha value is -2.60. The van der Waals surface area contributed by atoms with Gasteiger partial charge in [-0.05, 0) is 18.1 Å². The number of hydrogen-bond donors (Lipinski definition) is 2. The van der Waals surface area contributed by atoms with Crippen LogP contribution in [0.1, 0.15) is 13.8 Å². The maximum absolute atomic E-state index is 6.19. The molecule has 6 heteroatoms. The summed E-state index contributed by atoms with van der Waals surface area (Å²) in [7, 11) is 0. The third kappa shape index (κ3) is 2.82. The molecule has 3 heterocycles. The number of fused-ring (bicyclic) bond motifs is 1. The second kappa shape index (κ2) is 6.37. The fourth-order valence-corrected chi connectivity index (χ4v) is 3.50. The van der Waals surface area contributed by atoms with Gasteiger partial charge >= 0.3 is 0 Å². The number of piperazine rings is 1. The van der Waals surface area contributed by atoms with E-state index in [1.807, 2.05) is 40.9 Å². The van der Waals surface area contributed by atoms with Gasteiger partial charge in [-0.25, -0.2) is 4.98 Å². The summed E-state index contributed by atoms with van der Waals surface area (Å²) in [6, 6.07) is 14.4. The molecular weight excluding hydrogens is 312 g/mol. The van der Waals surface area contributed by atoms with Crippen molar-refractivity contribution in [1.29, 1.82) is 0 Å². The van der Waals surface area contributed by atoms with E-state index in [4.69, 9.17) is 15.8 Å². The maximum atomic E-state index is 6.19. The zero-order chi connectivity index (χ0) is 17.4. The van der Waals surface area contributed by atoms with Crippen molar-refractivity contribution in [2.45, 2.75) is 19.9 Å². The number of anilines is 2. The van der Waals surface area contributed by atoms with E-state index in [2.05, 4.69) is 30.1 Å². The Balaban J connectivity index is 1.84. The summed E-state index contributed by atoms with van der Waals surface area (Å²) in [6.07, 6.45) is 0. The molecule has 1 unspecified atom stereocenters. The number of hydrogen-bond acceptors (Lipinski definition) is 5. The van der Waals surface area contributed by atoms with Crippen LogP contribution in [0.15, 0.2) is 42.5 Å². The van der Waals surface area contributed by atoms with E-state index in [-0.39, 0.29) is 0 Å². The van der Waals surface area contributed by atoms with Gasteiger partial charge in [-0.1, -0.05) is 44.2 Å². The summed E-state index contributed by atoms with van der Waals surface area (Å²) in [5.41, 5.74) is 8.55. The smallest absolute Gasteiger partial charge is 0.182 e. The van der Waals surface area contributed by atoms with Crippen molar-refractivity contribution in [3.05, 3.63) is 42.5 Å². The molecule has 1 aliphatic heterocycles. The lowest BCUT2D eigenvalue weighted by molar-refractivity contribution is 0.386. The zero-order valence-corrected chi connectivity index (χ0v) is 14.7. The number of nitrogens with two attached hydrogens (primary N) is 1. The fourth-order valence-electron chi connectivity index (χ4n) is 3.50. The van der Waals surface area contributed by atoms with Crippen molar-refractivity contribution in [2.24, 2.45) is 5.92 Å². The van der Waals surface area contributed by atoms with Gasteiger partial charge < -0.3 is 16.0 Å². The van der Waals surface area contributed by atoms with E-state index >= 15 is 0 Å². The van der Waals surface area contributed by atoms with Gasteiger partial charge in [-0.15, -0.1) is 5.10 Å². The highest BCUT2D eigenvalue weighted by atomic mass is 15.4. The van der Waals surface area contributed by atoms with Crippen LogP contribution in [-0.4, -0.2) is 40.3 Å². The second-order valence-corrected chi connectivity index (χ2v) is 6.89. The summed E-state index contributed by atoms with van der Waals surface area (Å²) in [5, 5.41) is 8.27. The van der Waals surface area contributed by atoms with E-state index < -0.39 is 0 Å². The van der Waals surface area contributed by atoms with Crippen LogP contribution in [-0.2, 0) is 0 Å². The Kier molecular flexibility index (Phi) is 4.05. The largest absolute Gasteiger partial charge is 0.396 e. The molecule has 25 heavy (non-hydrogen) atoms. The van der Waals surface area contributed by atoms with Crippen LogP contribution in [0.4, 0.5) is 11.5 Å². The number of benzene rings is 1. The second-order valence-electron chi connectivity index (χ2n) is 6.89. The fraction of sp³-hybridized carbons (Fsp3) is 0.368. The average molecular weight is 336 g/mol. The Labute approximate surface area is 147 Å². The lowest BCUT2D eigenvalue weighted by Crippen LogP contribution is -2.54. The van der Waals surface area contributed by atoms with Gasteiger partial charge in [0.1, 0.15) is 5.82 Å². The van der Waals surface area contributed by atoms with Gasteiger partial charge in [0, 0.05) is 31.2 Å². The van der Waals surface area contributed by atoms with Crippen molar-refractivity contribution in [2.75, 3.05) is 30.3 Å². The molecule has 0 spiro atoms. The highest BCUT2D eigenvalue weighted by molar-refractivity contribution is 5.71. The first-order chi connectivity index (χ1) is 12.1. The standard InChI is InChI=1S/C19H24N6/c1-13(2)16-12-21-10-11-24(16)17-9-8-15(20)19-22-18(23-25(17)19)14-6-4-3-5-7-14/h3-9,13,16,21H,10-12,20H2,1-2H3. The highest BCUT2D eigenvalue weighted by Gasteiger charge is 2.27. The van der Waals surface area contributed by atoms with Crippen LogP contribution < -0.4 is 16.0 Å². The van der Waals surface area contributed by atoms with Gasteiger partial charge in [0.25, 0.3) is 0 Å². The molecule has 1 saturated heterocycles. The van der Waals surface area contributed by atoms with Crippen LogP contribution >= 0.6 is 0 Å². The predicted molar refractivity (Wildman–Crippen MR) is 102 cm³/mol. The Morgan fingerprint density at radius 1 is 1.16 bits per heavy atom. The van der Waals surface area contributed by atoms with Gasteiger partial charge in [-0.2, -0.15) is 4.52 Å². The van der Waals surface area contributed by atoms with Crippen LogP contribution in [0.25, 0.3) is 17.0 Å². The minimum atomic E-state index is 0.421. The molecule has 1 aromatic carbocycles. The van der Waals surface area contributed by atoms with Crippen molar-refractivity contribution in [3.63, 3.8) is 0 Å². The first-order valence-corrected chi connectivity index (χ1v) is 8.83. The van der Waals surface area contributed by atoms with Crippen molar-refractivity contribution < 1.29 is 0 Å². The number of rotatable bonds is 3. The Morgan fingerprint density at radius 3 is 2.72 bits per heavy atom. The maximum Gasteiger partial charge on any atom is 0.182 e. The molecule has 1 aliphatic rings. The molecule has 130 valence electrons. The highest BCUT2D eigenvalue weighted by Crippen LogP contribution is 2.27. The van der Waals surface area contributed by atoms with Crippen LogP contribution in [0.3, 0.4) is 0 Å². The molecule has 0 aliphatic carbocycles. The third-order valence-electron chi connectivity index (χ3n) is 4.87. The summed E-state index contributed by atoms with van der Waals surface area (Å²) in [6.45, 7) is 7.41. The molecule has 0 saturated carbocycles. The average Bonchev–Trinajstić information content (AvgIpc) is 3.09. The van der Waals surface area contributed by atoms with E-state index in [1.54, 1.807) is 0 Å². The molecule has 3 N–H and O–H groups in total. The molecule has 1 atom stereocenters. The van der Waals surface area contributed by atoms with Crippen LogP contribution in [0.5, 0.6) is 0 Å². The van der Waals surface area contributed by atoms with Crippen molar-refractivity contribution in [1.82, 2.24) is 19.9 Å². The third-order valence-corrected chi connectivity index (χ3v) is 4.87. The zero-order valence-electron chi connectivity index (χ0n) is 14.7. The van der Waals surface area contributed by atoms with Crippen LogP contribution in [0, 0.1) is 5.92 Å². The van der Waals surface area contributed by atoms with Crippen LogP contribution in [0.2, 0.25) is 0 Å². The monoisotopic (exact) mass is 336 g/mol. The molecule has 1 fully saturated rings. The number of nitrogens with one attached hydrogen (secondary N) is 1. The first-order valence-electron chi connectivity index (χ1n) is 8.83. The lowest BCUT2D eigenvalue weighted by Gasteiger charge is -2.40. The van der Waals surface area contributed by atoms with E-state index in [1.165, 1.54) is 0 Å². The Bertz CT molecular complexity index is 870. The van der Waals surface area contributed by atoms with Crippen molar-refractivity contribution in [3.8, 4) is 11.4 Å². The van der Waals surface area contributed by atoms with E-state index in [9.17, 15) is 0 Å². The number of nitrogens with zero attached hydrogens (tertiary/aromatic N) is 4. The number of nitrogen functional groups attached to an aromatic ring is 1. The topological polar surface area (TPSA) is 71.5 Å².